The van der Waals surface area contributed by atoms with Crippen LogP contribution < -0.4 is 11.1 Å². The van der Waals surface area contributed by atoms with Crippen LogP contribution in [0.1, 0.15) is 67.4 Å². The number of nitrogens with two attached hydrogens (primary N) is 1. The van der Waals surface area contributed by atoms with E-state index in [0.717, 1.165) is 53.4 Å². The fourth-order valence-corrected chi connectivity index (χ4v) is 4.32. The van der Waals surface area contributed by atoms with Crippen molar-refractivity contribution in [3.05, 3.63) is 75.0 Å². The van der Waals surface area contributed by atoms with Gasteiger partial charge in [-0.1, -0.05) is 49.8 Å². The molecule has 0 fully saturated rings. The molecule has 0 bridgehead atoms. The highest BCUT2D eigenvalue weighted by Gasteiger charge is 2.33. The summed E-state index contributed by atoms with van der Waals surface area (Å²) in [7, 11) is 0. The first-order valence-electron chi connectivity index (χ1n) is 10.9. The number of nitrogens with zero attached hydrogens (tertiary/aromatic N) is 1. The molecule has 6 heteroatoms. The van der Waals surface area contributed by atoms with Crippen LogP contribution in [-0.4, -0.2) is 23.3 Å². The van der Waals surface area contributed by atoms with Crippen molar-refractivity contribution in [3.63, 3.8) is 0 Å². The lowest BCUT2D eigenvalue weighted by molar-refractivity contribution is -0.125. The fraction of sp³-hybridized carbons (Fsp3) is 0.360. The number of benzene rings is 2. The molecule has 5 nitrogen and oxygen atoms in total. The van der Waals surface area contributed by atoms with Crippen molar-refractivity contribution >= 4 is 40.1 Å². The Hall–Kier alpha value is -2.35. The van der Waals surface area contributed by atoms with Crippen molar-refractivity contribution in [1.82, 2.24) is 10.2 Å². The van der Waals surface area contributed by atoms with Gasteiger partial charge in [-0.2, -0.15) is 0 Å². The summed E-state index contributed by atoms with van der Waals surface area (Å²) in [5.74, 6) is -0.390. The van der Waals surface area contributed by atoms with Gasteiger partial charge in [-0.3, -0.25) is 9.59 Å². The van der Waals surface area contributed by atoms with E-state index in [1.165, 1.54) is 0 Å². The average Bonchev–Trinajstić information content (AvgIpc) is 2.79. The molecule has 0 aromatic heterocycles. The number of hydrogen-bond donors (Lipinski definition) is 2. The Kier molecular flexibility index (Phi) is 8.51. The van der Waals surface area contributed by atoms with E-state index in [4.69, 9.17) is 5.73 Å². The zero-order chi connectivity index (χ0) is 22.2. The standard InChI is InChI=1S/C25H30IN3O2/c1-2-3-16-29(25(31)21-17-19(26)14-15-22(21)27)23(18-10-6-4-7-11-18)24(30)28-20-12-8-5-9-13-20/h4,6-7,10-12,14-15,17,23H,2-3,5,8-9,13,16,27H2,1H3,(H,28,30). The highest BCUT2D eigenvalue weighted by atomic mass is 127. The number of anilines is 1. The molecule has 2 aromatic rings. The van der Waals surface area contributed by atoms with Crippen molar-refractivity contribution in [2.75, 3.05) is 12.3 Å². The second kappa shape index (κ2) is 11.3. The van der Waals surface area contributed by atoms with Crippen LogP contribution in [-0.2, 0) is 4.79 Å². The van der Waals surface area contributed by atoms with Gasteiger partial charge in [0.25, 0.3) is 11.8 Å². The smallest absolute Gasteiger partial charge is 0.256 e. The Morgan fingerprint density at radius 1 is 1.16 bits per heavy atom. The van der Waals surface area contributed by atoms with Gasteiger partial charge in [-0.15, -0.1) is 0 Å². The number of nitrogen functional groups attached to an aromatic ring is 1. The summed E-state index contributed by atoms with van der Waals surface area (Å²) in [6, 6.07) is 14.2. The molecule has 2 aromatic carbocycles. The van der Waals surface area contributed by atoms with Gasteiger partial charge in [0.2, 0.25) is 0 Å². The minimum absolute atomic E-state index is 0.173. The van der Waals surface area contributed by atoms with Crippen LogP contribution >= 0.6 is 22.6 Å². The first-order valence-corrected chi connectivity index (χ1v) is 12.0. The summed E-state index contributed by atoms with van der Waals surface area (Å²) in [6.07, 6.45) is 7.87. The number of amides is 2. The second-order valence-corrected chi connectivity index (χ2v) is 9.11. The molecule has 164 valence electrons. The monoisotopic (exact) mass is 531 g/mol. The molecule has 2 amide bonds. The summed E-state index contributed by atoms with van der Waals surface area (Å²) in [6.45, 7) is 2.55. The van der Waals surface area contributed by atoms with E-state index in [-0.39, 0.29) is 11.8 Å². The maximum Gasteiger partial charge on any atom is 0.256 e. The number of halogens is 1. The van der Waals surface area contributed by atoms with Gasteiger partial charge in [0, 0.05) is 21.5 Å². The molecule has 31 heavy (non-hydrogen) atoms. The predicted molar refractivity (Wildman–Crippen MR) is 133 cm³/mol. The number of carbonyl (C=O) groups is 2. The van der Waals surface area contributed by atoms with Gasteiger partial charge in [-0.05, 0) is 78.5 Å². The molecule has 3 N–H and O–H groups in total. The van der Waals surface area contributed by atoms with Gasteiger partial charge in [0.15, 0.2) is 0 Å². The summed E-state index contributed by atoms with van der Waals surface area (Å²) in [4.78, 5) is 28.9. The van der Waals surface area contributed by atoms with Crippen LogP contribution in [0.25, 0.3) is 0 Å². The molecule has 1 aliphatic carbocycles. The first kappa shape index (κ1) is 23.3. The summed E-state index contributed by atoms with van der Waals surface area (Å²) < 4.78 is 0.929. The fourth-order valence-electron chi connectivity index (χ4n) is 3.83. The topological polar surface area (TPSA) is 75.4 Å². The van der Waals surface area contributed by atoms with Gasteiger partial charge in [-0.25, -0.2) is 0 Å². The largest absolute Gasteiger partial charge is 0.398 e. The second-order valence-electron chi connectivity index (χ2n) is 7.86. The molecule has 0 aliphatic heterocycles. The van der Waals surface area contributed by atoms with E-state index >= 15 is 0 Å². The third-order valence-electron chi connectivity index (χ3n) is 5.51. The van der Waals surface area contributed by atoms with Crippen LogP contribution in [0.5, 0.6) is 0 Å². The Morgan fingerprint density at radius 2 is 1.94 bits per heavy atom. The molecule has 1 aliphatic rings. The molecule has 0 heterocycles. The normalized spacial score (nSPS) is 14.5. The molecular weight excluding hydrogens is 501 g/mol. The molecular formula is C25H30IN3O2. The minimum Gasteiger partial charge on any atom is -0.398 e. The molecule has 1 atom stereocenters. The van der Waals surface area contributed by atoms with Crippen molar-refractivity contribution < 1.29 is 9.59 Å². The van der Waals surface area contributed by atoms with Crippen LogP contribution in [0.3, 0.4) is 0 Å². The Balaban J connectivity index is 2.00. The lowest BCUT2D eigenvalue weighted by atomic mass is 10.0. The van der Waals surface area contributed by atoms with E-state index in [0.29, 0.717) is 17.8 Å². The third-order valence-corrected chi connectivity index (χ3v) is 6.18. The summed E-state index contributed by atoms with van der Waals surface area (Å²) >= 11 is 2.17. The van der Waals surface area contributed by atoms with Gasteiger partial charge >= 0.3 is 0 Å². The number of hydrogen-bond acceptors (Lipinski definition) is 3. The van der Waals surface area contributed by atoms with Crippen LogP contribution in [0.15, 0.2) is 60.3 Å². The minimum atomic E-state index is -0.722. The molecule has 1 unspecified atom stereocenters. The number of rotatable bonds is 8. The molecule has 0 saturated carbocycles. The lowest BCUT2D eigenvalue weighted by Crippen LogP contribution is -2.44. The Bertz CT molecular complexity index is 943. The van der Waals surface area contributed by atoms with Gasteiger partial charge in [0.05, 0.1) is 5.56 Å². The quantitative estimate of drug-likeness (QED) is 0.353. The Labute approximate surface area is 198 Å². The zero-order valence-electron chi connectivity index (χ0n) is 17.9. The van der Waals surface area contributed by atoms with Crippen LogP contribution in [0.4, 0.5) is 5.69 Å². The van der Waals surface area contributed by atoms with Crippen LogP contribution in [0.2, 0.25) is 0 Å². The first-order chi connectivity index (χ1) is 15.0. The highest BCUT2D eigenvalue weighted by molar-refractivity contribution is 14.1. The third kappa shape index (κ3) is 6.09. The zero-order valence-corrected chi connectivity index (χ0v) is 20.1. The maximum absolute atomic E-state index is 13.7. The SMILES string of the molecule is CCCCN(C(=O)c1cc(I)ccc1N)C(C(=O)NC1=CCCCC1)c1ccccc1. The van der Waals surface area contributed by atoms with E-state index < -0.39 is 6.04 Å². The Morgan fingerprint density at radius 3 is 2.61 bits per heavy atom. The van der Waals surface area contributed by atoms with Crippen LogP contribution in [0, 0.1) is 3.57 Å². The predicted octanol–water partition coefficient (Wildman–Crippen LogP) is 5.43. The van der Waals surface area contributed by atoms with Crippen molar-refractivity contribution in [2.45, 2.75) is 51.5 Å². The van der Waals surface area contributed by atoms with Gasteiger partial charge in [0.1, 0.15) is 6.04 Å². The van der Waals surface area contributed by atoms with E-state index in [9.17, 15) is 9.59 Å². The number of carbonyl (C=O) groups excluding carboxylic acids is 2. The molecule has 0 radical (unpaired) electrons. The van der Waals surface area contributed by atoms with Crippen molar-refractivity contribution in [2.24, 2.45) is 0 Å². The highest BCUT2D eigenvalue weighted by Crippen LogP contribution is 2.27. The molecule has 3 rings (SSSR count). The van der Waals surface area contributed by atoms with Gasteiger partial charge < -0.3 is 16.0 Å². The molecule has 0 spiro atoms. The summed E-state index contributed by atoms with van der Waals surface area (Å²) in [5.41, 5.74) is 8.77. The summed E-state index contributed by atoms with van der Waals surface area (Å²) in [5, 5.41) is 3.10. The lowest BCUT2D eigenvalue weighted by Gasteiger charge is -2.32. The number of allylic oxidation sites excluding steroid dienone is 2. The maximum atomic E-state index is 13.7. The number of unbranched alkanes of at least 4 members (excludes halogenated alkanes) is 1. The molecule has 0 saturated heterocycles. The van der Waals surface area contributed by atoms with Crippen molar-refractivity contribution in [1.29, 1.82) is 0 Å². The van der Waals surface area contributed by atoms with E-state index in [1.54, 1.807) is 17.0 Å². The number of nitrogens with one attached hydrogen (secondary N) is 1. The van der Waals surface area contributed by atoms with Crippen molar-refractivity contribution in [3.8, 4) is 0 Å². The van der Waals surface area contributed by atoms with E-state index in [2.05, 4.69) is 40.9 Å². The average molecular weight is 531 g/mol. The van der Waals surface area contributed by atoms with E-state index in [1.807, 2.05) is 36.4 Å².